The van der Waals surface area contributed by atoms with Gasteiger partial charge in [0, 0.05) is 11.5 Å². The fourth-order valence-corrected chi connectivity index (χ4v) is 2.83. The first-order valence-corrected chi connectivity index (χ1v) is 7.43. The Labute approximate surface area is 128 Å². The molecule has 1 unspecified atom stereocenters. The Bertz CT molecular complexity index is 595. The van der Waals surface area contributed by atoms with E-state index in [0.717, 1.165) is 22.5 Å². The maximum Gasteiger partial charge on any atom is 0.161 e. The quantitative estimate of drug-likeness (QED) is 0.910. The molecule has 0 radical (unpaired) electrons. The number of benzene rings is 1. The Kier molecular flexibility index (Phi) is 4.83. The summed E-state index contributed by atoms with van der Waals surface area (Å²) < 4.78 is 8.39. The zero-order valence-electron chi connectivity index (χ0n) is 12.3. The molecule has 0 aliphatic rings. The van der Waals surface area contributed by atoms with Crippen molar-refractivity contribution < 1.29 is 4.74 Å². The molecule has 0 bridgehead atoms. The van der Waals surface area contributed by atoms with E-state index in [0.29, 0.717) is 0 Å². The molecule has 108 valence electrons. The largest absolute Gasteiger partial charge is 0.493 e. The maximum absolute atomic E-state index is 5.45. The highest BCUT2D eigenvalue weighted by Crippen LogP contribution is 2.33. The van der Waals surface area contributed by atoms with Crippen LogP contribution in [-0.2, 0) is 7.05 Å². The lowest BCUT2D eigenvalue weighted by Crippen LogP contribution is -2.25. The Morgan fingerprint density at radius 2 is 2.20 bits per heavy atom. The highest BCUT2D eigenvalue weighted by molar-refractivity contribution is 9.10. The maximum atomic E-state index is 5.45. The molecule has 0 amide bonds. The van der Waals surface area contributed by atoms with Crippen LogP contribution in [0.25, 0.3) is 0 Å². The van der Waals surface area contributed by atoms with Gasteiger partial charge in [0.25, 0.3) is 0 Å². The van der Waals surface area contributed by atoms with Crippen molar-refractivity contribution in [3.05, 3.63) is 45.7 Å². The van der Waals surface area contributed by atoms with Crippen molar-refractivity contribution in [2.24, 2.45) is 7.05 Å². The summed E-state index contributed by atoms with van der Waals surface area (Å²) in [5.41, 5.74) is 3.45. The van der Waals surface area contributed by atoms with Crippen LogP contribution in [0.3, 0.4) is 0 Å². The second-order valence-electron chi connectivity index (χ2n) is 4.74. The number of nitrogens with zero attached hydrogens (tertiary/aromatic N) is 2. The second-order valence-corrected chi connectivity index (χ2v) is 5.59. The summed E-state index contributed by atoms with van der Waals surface area (Å²) in [6.45, 7) is 5.05. The summed E-state index contributed by atoms with van der Waals surface area (Å²) in [6, 6.07) is 6.40. The molecule has 1 aromatic heterocycles. The van der Waals surface area contributed by atoms with Gasteiger partial charge in [-0.05, 0) is 25.1 Å². The minimum atomic E-state index is 0.0386. The third kappa shape index (κ3) is 2.88. The van der Waals surface area contributed by atoms with Crippen molar-refractivity contribution in [2.45, 2.75) is 19.9 Å². The normalized spacial score (nSPS) is 12.4. The van der Waals surface area contributed by atoms with Gasteiger partial charge in [-0.15, -0.1) is 0 Å². The molecule has 0 aliphatic carbocycles. The summed E-state index contributed by atoms with van der Waals surface area (Å²) >= 11 is 3.65. The molecule has 1 aromatic carbocycles. The van der Waals surface area contributed by atoms with Crippen LogP contribution in [0.1, 0.15) is 29.8 Å². The first-order valence-electron chi connectivity index (χ1n) is 6.63. The van der Waals surface area contributed by atoms with E-state index in [4.69, 9.17) is 4.74 Å². The Morgan fingerprint density at radius 1 is 1.45 bits per heavy atom. The van der Waals surface area contributed by atoms with Crippen molar-refractivity contribution in [3.8, 4) is 5.75 Å². The van der Waals surface area contributed by atoms with E-state index in [1.807, 2.05) is 11.7 Å². The standard InChI is InChI=1S/C15H20BrN3O/c1-5-17-14(11-8-10(2)6-7-12(11)16)15-13(20-4)9-18-19(15)3/h6-9,14,17H,5H2,1-4H3. The second kappa shape index (κ2) is 6.41. The number of hydrogen-bond acceptors (Lipinski definition) is 3. The highest BCUT2D eigenvalue weighted by atomic mass is 79.9. The van der Waals surface area contributed by atoms with Crippen LogP contribution in [0, 0.1) is 6.92 Å². The first-order chi connectivity index (χ1) is 9.58. The van der Waals surface area contributed by atoms with Gasteiger partial charge in [-0.25, -0.2) is 0 Å². The van der Waals surface area contributed by atoms with Crippen LogP contribution in [0.5, 0.6) is 5.75 Å². The van der Waals surface area contributed by atoms with Gasteiger partial charge < -0.3 is 10.1 Å². The van der Waals surface area contributed by atoms with E-state index < -0.39 is 0 Å². The fraction of sp³-hybridized carbons (Fsp3) is 0.400. The number of rotatable bonds is 5. The summed E-state index contributed by atoms with van der Waals surface area (Å²) in [4.78, 5) is 0. The number of hydrogen-bond donors (Lipinski definition) is 1. The summed E-state index contributed by atoms with van der Waals surface area (Å²) in [7, 11) is 3.61. The van der Waals surface area contributed by atoms with Crippen molar-refractivity contribution in [3.63, 3.8) is 0 Å². The van der Waals surface area contributed by atoms with Gasteiger partial charge in [-0.1, -0.05) is 40.5 Å². The summed E-state index contributed by atoms with van der Waals surface area (Å²) in [5, 5.41) is 7.82. The molecular formula is C15H20BrN3O. The Balaban J connectivity index is 2.56. The van der Waals surface area contributed by atoms with Crippen LogP contribution in [-0.4, -0.2) is 23.4 Å². The van der Waals surface area contributed by atoms with Crippen LogP contribution >= 0.6 is 15.9 Å². The van der Waals surface area contributed by atoms with E-state index in [-0.39, 0.29) is 6.04 Å². The third-order valence-electron chi connectivity index (χ3n) is 3.31. The van der Waals surface area contributed by atoms with Gasteiger partial charge in [-0.3, -0.25) is 4.68 Å². The predicted octanol–water partition coefficient (Wildman–Crippen LogP) is 3.20. The smallest absolute Gasteiger partial charge is 0.161 e. The third-order valence-corrected chi connectivity index (χ3v) is 4.04. The number of nitrogens with one attached hydrogen (secondary N) is 1. The van der Waals surface area contributed by atoms with Crippen molar-refractivity contribution in [1.29, 1.82) is 0 Å². The van der Waals surface area contributed by atoms with Gasteiger partial charge in [-0.2, -0.15) is 5.10 Å². The van der Waals surface area contributed by atoms with Crippen molar-refractivity contribution in [2.75, 3.05) is 13.7 Å². The first kappa shape index (κ1) is 15.1. The van der Waals surface area contributed by atoms with Crippen molar-refractivity contribution >= 4 is 15.9 Å². The zero-order valence-corrected chi connectivity index (χ0v) is 13.9. The Hall–Kier alpha value is -1.33. The van der Waals surface area contributed by atoms with Crippen LogP contribution in [0.2, 0.25) is 0 Å². The molecule has 0 spiro atoms. The summed E-state index contributed by atoms with van der Waals surface area (Å²) in [6.07, 6.45) is 1.75. The molecule has 2 aromatic rings. The van der Waals surface area contributed by atoms with Gasteiger partial charge in [0.05, 0.1) is 19.3 Å². The lowest BCUT2D eigenvalue weighted by molar-refractivity contribution is 0.401. The molecule has 1 atom stereocenters. The number of aromatic nitrogens is 2. The molecule has 1 N–H and O–H groups in total. The van der Waals surface area contributed by atoms with Crippen LogP contribution in [0.15, 0.2) is 28.9 Å². The van der Waals surface area contributed by atoms with Gasteiger partial charge in [0.2, 0.25) is 0 Å². The van der Waals surface area contributed by atoms with E-state index in [2.05, 4.69) is 58.4 Å². The monoisotopic (exact) mass is 337 g/mol. The molecule has 5 heteroatoms. The van der Waals surface area contributed by atoms with Gasteiger partial charge >= 0.3 is 0 Å². The van der Waals surface area contributed by atoms with Gasteiger partial charge in [0.1, 0.15) is 5.69 Å². The number of halogens is 1. The average molecular weight is 338 g/mol. The Morgan fingerprint density at radius 3 is 2.85 bits per heavy atom. The summed E-state index contributed by atoms with van der Waals surface area (Å²) in [5.74, 6) is 0.798. The SMILES string of the molecule is CCNC(c1cc(C)ccc1Br)c1c(OC)cnn1C. The van der Waals surface area contributed by atoms with E-state index in [9.17, 15) is 0 Å². The van der Waals surface area contributed by atoms with Gasteiger partial charge in [0.15, 0.2) is 5.75 Å². The number of aryl methyl sites for hydroxylation is 2. The van der Waals surface area contributed by atoms with Crippen molar-refractivity contribution in [1.82, 2.24) is 15.1 Å². The highest BCUT2D eigenvalue weighted by Gasteiger charge is 2.23. The molecule has 20 heavy (non-hydrogen) atoms. The topological polar surface area (TPSA) is 39.1 Å². The van der Waals surface area contributed by atoms with E-state index in [1.165, 1.54) is 11.1 Å². The lowest BCUT2D eigenvalue weighted by Gasteiger charge is -2.21. The van der Waals surface area contributed by atoms with Crippen LogP contribution < -0.4 is 10.1 Å². The molecule has 2 rings (SSSR count). The molecular weight excluding hydrogens is 318 g/mol. The number of ether oxygens (including phenoxy) is 1. The minimum Gasteiger partial charge on any atom is -0.493 e. The minimum absolute atomic E-state index is 0.0386. The van der Waals surface area contributed by atoms with Crippen LogP contribution in [0.4, 0.5) is 0 Å². The predicted molar refractivity (Wildman–Crippen MR) is 84.2 cm³/mol. The molecule has 0 saturated heterocycles. The van der Waals surface area contributed by atoms with E-state index in [1.54, 1.807) is 13.3 Å². The average Bonchev–Trinajstić information content (AvgIpc) is 2.80. The number of methoxy groups -OCH3 is 1. The molecule has 0 aliphatic heterocycles. The zero-order chi connectivity index (χ0) is 14.7. The molecule has 0 fully saturated rings. The molecule has 1 heterocycles. The molecule has 4 nitrogen and oxygen atoms in total. The lowest BCUT2D eigenvalue weighted by atomic mass is 10.0. The fourth-order valence-electron chi connectivity index (χ4n) is 2.36. The van der Waals surface area contributed by atoms with E-state index >= 15 is 0 Å². The molecule has 0 saturated carbocycles.